The van der Waals surface area contributed by atoms with Gasteiger partial charge in [-0.15, -0.1) is 0 Å². The summed E-state index contributed by atoms with van der Waals surface area (Å²) in [5.74, 6) is 3.80. The van der Waals surface area contributed by atoms with Crippen molar-refractivity contribution in [2.45, 2.75) is 26.2 Å². The van der Waals surface area contributed by atoms with Crippen LogP contribution in [0.1, 0.15) is 26.2 Å². The normalized spacial score (nSPS) is 21.0. The number of piperidine rings is 1. The quantitative estimate of drug-likeness (QED) is 0.665. The van der Waals surface area contributed by atoms with E-state index in [9.17, 15) is 0 Å². The molecule has 1 aliphatic rings. The zero-order valence-electron chi connectivity index (χ0n) is 9.17. The third-order valence-electron chi connectivity index (χ3n) is 2.84. The van der Waals surface area contributed by atoms with E-state index >= 15 is 0 Å². The summed E-state index contributed by atoms with van der Waals surface area (Å²) >= 11 is 2.00. The van der Waals surface area contributed by atoms with Gasteiger partial charge in [0.15, 0.2) is 0 Å². The maximum Gasteiger partial charge on any atom is 0.0464 e. The van der Waals surface area contributed by atoms with Crippen LogP contribution >= 0.6 is 11.8 Å². The average Bonchev–Trinajstić information content (AvgIpc) is 2.25. The molecule has 84 valence electrons. The second kappa shape index (κ2) is 7.55. The molecule has 2 N–H and O–H groups in total. The zero-order valence-corrected chi connectivity index (χ0v) is 9.98. The third kappa shape index (κ3) is 5.23. The first-order valence-electron chi connectivity index (χ1n) is 5.72. The molecule has 1 fully saturated rings. The molecule has 3 heteroatoms. The fourth-order valence-electron chi connectivity index (χ4n) is 1.76. The molecule has 1 atom stereocenters. The van der Waals surface area contributed by atoms with E-state index < -0.39 is 0 Å². The summed E-state index contributed by atoms with van der Waals surface area (Å²) in [6, 6.07) is 0. The number of hydrogen-bond acceptors (Lipinski definition) is 3. The molecule has 2 nitrogen and oxygen atoms in total. The van der Waals surface area contributed by atoms with Crippen LogP contribution < -0.4 is 5.32 Å². The molecule has 1 heterocycles. The molecule has 0 aromatic rings. The van der Waals surface area contributed by atoms with E-state index in [0.717, 1.165) is 11.7 Å². The molecule has 0 aromatic carbocycles. The SMILES string of the molecule is CC(CO)CSCCC1CCNCC1. The van der Waals surface area contributed by atoms with Gasteiger partial charge in [0.1, 0.15) is 0 Å². The number of aliphatic hydroxyl groups excluding tert-OH is 1. The van der Waals surface area contributed by atoms with Gasteiger partial charge in [-0.1, -0.05) is 6.92 Å². The fourth-order valence-corrected chi connectivity index (χ4v) is 2.93. The Bertz CT molecular complexity index is 137. The van der Waals surface area contributed by atoms with E-state index in [1.807, 2.05) is 11.8 Å². The monoisotopic (exact) mass is 217 g/mol. The predicted octanol–water partition coefficient (Wildman–Crippen LogP) is 1.74. The lowest BCUT2D eigenvalue weighted by Crippen LogP contribution is -2.27. The minimum Gasteiger partial charge on any atom is -0.396 e. The standard InChI is InChI=1S/C11H23NOS/c1-10(8-13)9-14-7-4-11-2-5-12-6-3-11/h10-13H,2-9H2,1H3. The van der Waals surface area contributed by atoms with Crippen LogP contribution in [-0.4, -0.2) is 36.3 Å². The minimum absolute atomic E-state index is 0.334. The molecule has 0 bridgehead atoms. The lowest BCUT2D eigenvalue weighted by Gasteiger charge is -2.22. The van der Waals surface area contributed by atoms with Gasteiger partial charge in [-0.2, -0.15) is 11.8 Å². The number of nitrogens with one attached hydrogen (secondary N) is 1. The van der Waals surface area contributed by atoms with Crippen LogP contribution in [-0.2, 0) is 0 Å². The smallest absolute Gasteiger partial charge is 0.0464 e. The number of rotatable bonds is 6. The summed E-state index contributed by atoms with van der Waals surface area (Å²) in [6.45, 7) is 4.86. The van der Waals surface area contributed by atoms with Crippen molar-refractivity contribution in [1.82, 2.24) is 5.32 Å². The Hall–Kier alpha value is 0.270. The van der Waals surface area contributed by atoms with Gasteiger partial charge in [0.2, 0.25) is 0 Å². The highest BCUT2D eigenvalue weighted by Crippen LogP contribution is 2.19. The summed E-state index contributed by atoms with van der Waals surface area (Å²) in [5, 5.41) is 12.3. The van der Waals surface area contributed by atoms with Crippen LogP contribution in [0, 0.1) is 11.8 Å². The highest BCUT2D eigenvalue weighted by atomic mass is 32.2. The Kier molecular flexibility index (Phi) is 6.65. The molecule has 14 heavy (non-hydrogen) atoms. The number of thioether (sulfide) groups is 1. The Morgan fingerprint density at radius 3 is 2.79 bits per heavy atom. The van der Waals surface area contributed by atoms with E-state index in [-0.39, 0.29) is 0 Å². The first kappa shape index (κ1) is 12.3. The molecular weight excluding hydrogens is 194 g/mol. The Balaban J connectivity index is 1.92. The van der Waals surface area contributed by atoms with Crippen molar-refractivity contribution < 1.29 is 5.11 Å². The maximum atomic E-state index is 8.86. The lowest BCUT2D eigenvalue weighted by molar-refractivity contribution is 0.250. The third-order valence-corrected chi connectivity index (χ3v) is 4.17. The van der Waals surface area contributed by atoms with Gasteiger partial charge in [0.05, 0.1) is 0 Å². The van der Waals surface area contributed by atoms with Crippen molar-refractivity contribution in [1.29, 1.82) is 0 Å². The molecule has 1 aliphatic heterocycles. The van der Waals surface area contributed by atoms with Crippen molar-refractivity contribution in [3.63, 3.8) is 0 Å². The molecule has 1 unspecified atom stereocenters. The van der Waals surface area contributed by atoms with Crippen molar-refractivity contribution >= 4 is 11.8 Å². The first-order valence-corrected chi connectivity index (χ1v) is 6.87. The number of hydrogen-bond donors (Lipinski definition) is 2. The van der Waals surface area contributed by atoms with E-state index in [0.29, 0.717) is 12.5 Å². The number of aliphatic hydroxyl groups is 1. The molecule has 0 aromatic heterocycles. The second-order valence-electron chi connectivity index (χ2n) is 4.34. The van der Waals surface area contributed by atoms with Gasteiger partial charge in [-0.3, -0.25) is 0 Å². The van der Waals surface area contributed by atoms with Gasteiger partial charge in [0, 0.05) is 6.61 Å². The van der Waals surface area contributed by atoms with Crippen LogP contribution in [0.5, 0.6) is 0 Å². The van der Waals surface area contributed by atoms with Crippen molar-refractivity contribution in [2.75, 3.05) is 31.2 Å². The lowest BCUT2D eigenvalue weighted by atomic mass is 9.96. The van der Waals surface area contributed by atoms with Crippen LogP contribution in [0.2, 0.25) is 0 Å². The van der Waals surface area contributed by atoms with E-state index in [2.05, 4.69) is 12.2 Å². The summed E-state index contributed by atoms with van der Waals surface area (Å²) in [7, 11) is 0. The molecule has 1 saturated heterocycles. The van der Waals surface area contributed by atoms with Gasteiger partial charge >= 0.3 is 0 Å². The Morgan fingerprint density at radius 1 is 1.43 bits per heavy atom. The van der Waals surface area contributed by atoms with E-state index in [4.69, 9.17) is 5.11 Å². The van der Waals surface area contributed by atoms with Crippen LogP contribution in [0.3, 0.4) is 0 Å². The van der Waals surface area contributed by atoms with Gasteiger partial charge < -0.3 is 10.4 Å². The fraction of sp³-hybridized carbons (Fsp3) is 1.00. The molecule has 0 aliphatic carbocycles. The van der Waals surface area contributed by atoms with Crippen molar-refractivity contribution in [2.24, 2.45) is 11.8 Å². The Labute approximate surface area is 91.9 Å². The summed E-state index contributed by atoms with van der Waals surface area (Å²) in [5.41, 5.74) is 0. The van der Waals surface area contributed by atoms with Crippen LogP contribution in [0.4, 0.5) is 0 Å². The highest BCUT2D eigenvalue weighted by molar-refractivity contribution is 7.99. The second-order valence-corrected chi connectivity index (χ2v) is 5.49. The van der Waals surface area contributed by atoms with E-state index in [1.54, 1.807) is 0 Å². The molecule has 0 saturated carbocycles. The predicted molar refractivity (Wildman–Crippen MR) is 63.8 cm³/mol. The maximum absolute atomic E-state index is 8.86. The topological polar surface area (TPSA) is 32.3 Å². The summed E-state index contributed by atoms with van der Waals surface area (Å²) < 4.78 is 0. The highest BCUT2D eigenvalue weighted by Gasteiger charge is 2.12. The van der Waals surface area contributed by atoms with Crippen molar-refractivity contribution in [3.8, 4) is 0 Å². The largest absolute Gasteiger partial charge is 0.396 e. The van der Waals surface area contributed by atoms with Crippen LogP contribution in [0.25, 0.3) is 0 Å². The Morgan fingerprint density at radius 2 is 2.14 bits per heavy atom. The van der Waals surface area contributed by atoms with Gasteiger partial charge in [0.25, 0.3) is 0 Å². The summed E-state index contributed by atoms with van der Waals surface area (Å²) in [6.07, 6.45) is 4.08. The molecular formula is C11H23NOS. The first-order chi connectivity index (χ1) is 6.83. The summed E-state index contributed by atoms with van der Waals surface area (Å²) in [4.78, 5) is 0. The molecule has 0 amide bonds. The van der Waals surface area contributed by atoms with E-state index in [1.165, 1.54) is 38.1 Å². The average molecular weight is 217 g/mol. The molecule has 0 spiro atoms. The van der Waals surface area contributed by atoms with Gasteiger partial charge in [-0.25, -0.2) is 0 Å². The zero-order chi connectivity index (χ0) is 10.2. The van der Waals surface area contributed by atoms with Crippen LogP contribution in [0.15, 0.2) is 0 Å². The molecule has 0 radical (unpaired) electrons. The van der Waals surface area contributed by atoms with Gasteiger partial charge in [-0.05, 0) is 55.7 Å². The molecule has 1 rings (SSSR count). The van der Waals surface area contributed by atoms with Crippen molar-refractivity contribution in [3.05, 3.63) is 0 Å². The minimum atomic E-state index is 0.334.